The third kappa shape index (κ3) is 4.57. The standard InChI is InChI=1S/C13H21N3O3S/c1-4-7(2)11(13(18)19)16-10(17)5-9-6-20-12(15-9)8(3)14/h6-8,11H,4-5,14H2,1-3H3,(H,16,17)(H,18,19). The van der Waals surface area contributed by atoms with E-state index >= 15 is 0 Å². The van der Waals surface area contributed by atoms with Crippen LogP contribution in [0.2, 0.25) is 0 Å². The first kappa shape index (κ1) is 16.6. The molecule has 0 aromatic carbocycles. The number of carboxylic acid groups (broad SMARTS) is 1. The number of thiazole rings is 1. The molecule has 0 fully saturated rings. The number of rotatable bonds is 7. The molecular formula is C13H21N3O3S. The van der Waals surface area contributed by atoms with E-state index in [4.69, 9.17) is 10.8 Å². The summed E-state index contributed by atoms with van der Waals surface area (Å²) in [6.45, 7) is 5.52. The maximum atomic E-state index is 11.9. The maximum Gasteiger partial charge on any atom is 0.326 e. The molecule has 1 aromatic rings. The lowest BCUT2D eigenvalue weighted by Crippen LogP contribution is -2.45. The molecule has 1 amide bonds. The van der Waals surface area contributed by atoms with Crippen LogP contribution in [0, 0.1) is 5.92 Å². The molecule has 0 bridgehead atoms. The number of hydrogen-bond acceptors (Lipinski definition) is 5. The van der Waals surface area contributed by atoms with Crippen LogP contribution in [0.5, 0.6) is 0 Å². The van der Waals surface area contributed by atoms with Gasteiger partial charge in [0.1, 0.15) is 11.0 Å². The number of aromatic nitrogens is 1. The number of nitrogens with one attached hydrogen (secondary N) is 1. The first-order valence-corrected chi connectivity index (χ1v) is 7.45. The van der Waals surface area contributed by atoms with Gasteiger partial charge in [-0.1, -0.05) is 20.3 Å². The van der Waals surface area contributed by atoms with Gasteiger partial charge in [-0.25, -0.2) is 9.78 Å². The zero-order valence-electron chi connectivity index (χ0n) is 11.9. The Kier molecular flexibility index (Phi) is 6.09. The largest absolute Gasteiger partial charge is 0.480 e. The van der Waals surface area contributed by atoms with Gasteiger partial charge in [0.2, 0.25) is 5.91 Å². The van der Waals surface area contributed by atoms with Crippen LogP contribution in [0.15, 0.2) is 5.38 Å². The molecule has 3 unspecified atom stereocenters. The van der Waals surface area contributed by atoms with Gasteiger partial charge in [-0.2, -0.15) is 0 Å². The number of amides is 1. The van der Waals surface area contributed by atoms with Crippen LogP contribution in [0.3, 0.4) is 0 Å². The van der Waals surface area contributed by atoms with E-state index in [2.05, 4.69) is 10.3 Å². The predicted octanol–water partition coefficient (Wildman–Crippen LogP) is 1.32. The Morgan fingerprint density at radius 3 is 2.60 bits per heavy atom. The number of carboxylic acids is 1. The van der Waals surface area contributed by atoms with E-state index in [1.807, 2.05) is 13.8 Å². The second-order valence-electron chi connectivity index (χ2n) is 4.91. The Labute approximate surface area is 122 Å². The Bertz CT molecular complexity index is 473. The van der Waals surface area contributed by atoms with Crippen molar-refractivity contribution in [3.63, 3.8) is 0 Å². The summed E-state index contributed by atoms with van der Waals surface area (Å²) >= 11 is 1.40. The summed E-state index contributed by atoms with van der Waals surface area (Å²) in [5.74, 6) is -1.46. The van der Waals surface area contributed by atoms with Gasteiger partial charge in [0, 0.05) is 5.38 Å². The van der Waals surface area contributed by atoms with Crippen molar-refractivity contribution in [1.82, 2.24) is 10.3 Å². The molecule has 1 heterocycles. The van der Waals surface area contributed by atoms with E-state index in [1.165, 1.54) is 11.3 Å². The maximum absolute atomic E-state index is 11.9. The molecule has 112 valence electrons. The van der Waals surface area contributed by atoms with Crippen molar-refractivity contribution in [2.75, 3.05) is 0 Å². The van der Waals surface area contributed by atoms with Crippen molar-refractivity contribution < 1.29 is 14.7 Å². The number of hydrogen-bond donors (Lipinski definition) is 3. The van der Waals surface area contributed by atoms with E-state index < -0.39 is 12.0 Å². The molecule has 0 radical (unpaired) electrons. The third-order valence-corrected chi connectivity index (χ3v) is 4.19. The fourth-order valence-corrected chi connectivity index (χ4v) is 2.46. The van der Waals surface area contributed by atoms with Crippen molar-refractivity contribution >= 4 is 23.2 Å². The van der Waals surface area contributed by atoms with Crippen molar-refractivity contribution in [2.45, 2.75) is 45.7 Å². The third-order valence-electron chi connectivity index (χ3n) is 3.10. The Morgan fingerprint density at radius 1 is 1.50 bits per heavy atom. The van der Waals surface area contributed by atoms with E-state index in [-0.39, 0.29) is 24.3 Å². The topological polar surface area (TPSA) is 105 Å². The summed E-state index contributed by atoms with van der Waals surface area (Å²) in [5.41, 5.74) is 6.32. The number of nitrogens with two attached hydrogens (primary N) is 1. The molecule has 1 rings (SSSR count). The Balaban J connectivity index is 2.63. The average Bonchev–Trinajstić information content (AvgIpc) is 2.83. The normalized spacial score (nSPS) is 15.4. The van der Waals surface area contributed by atoms with E-state index in [0.29, 0.717) is 12.1 Å². The lowest BCUT2D eigenvalue weighted by molar-refractivity contribution is -0.143. The minimum atomic E-state index is -1.01. The van der Waals surface area contributed by atoms with Crippen LogP contribution in [-0.2, 0) is 16.0 Å². The van der Waals surface area contributed by atoms with Gasteiger partial charge in [0.05, 0.1) is 18.2 Å². The highest BCUT2D eigenvalue weighted by atomic mass is 32.1. The fourth-order valence-electron chi connectivity index (χ4n) is 1.69. The number of carbonyl (C=O) groups is 2. The minimum absolute atomic E-state index is 0.0729. The molecule has 0 aliphatic rings. The van der Waals surface area contributed by atoms with Gasteiger partial charge in [0.25, 0.3) is 0 Å². The van der Waals surface area contributed by atoms with Gasteiger partial charge in [0.15, 0.2) is 0 Å². The molecule has 0 aliphatic heterocycles. The molecule has 3 atom stereocenters. The lowest BCUT2D eigenvalue weighted by atomic mass is 9.99. The van der Waals surface area contributed by atoms with Gasteiger partial charge >= 0.3 is 5.97 Å². The molecule has 7 heteroatoms. The van der Waals surface area contributed by atoms with Crippen LogP contribution in [-0.4, -0.2) is 28.0 Å². The molecule has 0 spiro atoms. The van der Waals surface area contributed by atoms with E-state index in [0.717, 1.165) is 5.01 Å². The average molecular weight is 299 g/mol. The van der Waals surface area contributed by atoms with Crippen LogP contribution in [0.25, 0.3) is 0 Å². The zero-order valence-corrected chi connectivity index (χ0v) is 12.7. The molecule has 0 saturated carbocycles. The molecule has 0 saturated heterocycles. The molecule has 0 aliphatic carbocycles. The number of nitrogens with zero attached hydrogens (tertiary/aromatic N) is 1. The SMILES string of the molecule is CCC(C)C(NC(=O)Cc1csc(C(C)N)n1)C(=O)O. The predicted molar refractivity (Wildman–Crippen MR) is 77.4 cm³/mol. The quantitative estimate of drug-likeness (QED) is 0.704. The van der Waals surface area contributed by atoms with Crippen molar-refractivity contribution in [3.8, 4) is 0 Å². The summed E-state index contributed by atoms with van der Waals surface area (Å²) in [4.78, 5) is 27.3. The highest BCUT2D eigenvalue weighted by molar-refractivity contribution is 7.09. The molecule has 4 N–H and O–H groups in total. The van der Waals surface area contributed by atoms with Crippen LogP contribution < -0.4 is 11.1 Å². The van der Waals surface area contributed by atoms with Crippen molar-refractivity contribution in [2.24, 2.45) is 11.7 Å². The highest BCUT2D eigenvalue weighted by Gasteiger charge is 2.25. The Morgan fingerprint density at radius 2 is 2.15 bits per heavy atom. The molecule has 20 heavy (non-hydrogen) atoms. The summed E-state index contributed by atoms with van der Waals surface area (Å²) in [5, 5.41) is 14.2. The molecular weight excluding hydrogens is 278 g/mol. The summed E-state index contributed by atoms with van der Waals surface area (Å²) < 4.78 is 0. The Hall–Kier alpha value is -1.47. The smallest absolute Gasteiger partial charge is 0.326 e. The fraction of sp³-hybridized carbons (Fsp3) is 0.615. The van der Waals surface area contributed by atoms with Gasteiger partial charge in [-0.15, -0.1) is 11.3 Å². The summed E-state index contributed by atoms with van der Waals surface area (Å²) in [7, 11) is 0. The minimum Gasteiger partial charge on any atom is -0.480 e. The second kappa shape index (κ2) is 7.35. The van der Waals surface area contributed by atoms with Crippen molar-refractivity contribution in [3.05, 3.63) is 16.1 Å². The lowest BCUT2D eigenvalue weighted by Gasteiger charge is -2.19. The van der Waals surface area contributed by atoms with Crippen LogP contribution in [0.1, 0.15) is 43.9 Å². The van der Waals surface area contributed by atoms with Gasteiger partial charge in [-0.3, -0.25) is 4.79 Å². The van der Waals surface area contributed by atoms with Crippen molar-refractivity contribution in [1.29, 1.82) is 0 Å². The summed E-state index contributed by atoms with van der Waals surface area (Å²) in [6, 6.07) is -1.03. The first-order valence-electron chi connectivity index (χ1n) is 6.57. The van der Waals surface area contributed by atoms with E-state index in [1.54, 1.807) is 12.3 Å². The first-order chi connectivity index (χ1) is 9.35. The van der Waals surface area contributed by atoms with Crippen LogP contribution in [0.4, 0.5) is 0 Å². The van der Waals surface area contributed by atoms with E-state index in [9.17, 15) is 9.59 Å². The zero-order chi connectivity index (χ0) is 15.3. The monoisotopic (exact) mass is 299 g/mol. The highest BCUT2D eigenvalue weighted by Crippen LogP contribution is 2.16. The van der Waals surface area contributed by atoms with Crippen LogP contribution >= 0.6 is 11.3 Å². The van der Waals surface area contributed by atoms with Gasteiger partial charge < -0.3 is 16.2 Å². The number of aliphatic carboxylic acids is 1. The van der Waals surface area contributed by atoms with Gasteiger partial charge in [-0.05, 0) is 12.8 Å². The second-order valence-corrected chi connectivity index (χ2v) is 5.80. The molecule has 1 aromatic heterocycles. The summed E-state index contributed by atoms with van der Waals surface area (Å²) in [6.07, 6.45) is 0.756. The number of carbonyl (C=O) groups excluding carboxylic acids is 1. The molecule has 6 nitrogen and oxygen atoms in total.